The van der Waals surface area contributed by atoms with Crippen LogP contribution in [0.25, 0.3) is 44.2 Å². The van der Waals surface area contributed by atoms with E-state index in [2.05, 4.69) is 55.5 Å². The van der Waals surface area contributed by atoms with E-state index in [-0.39, 0.29) is 0 Å². The van der Waals surface area contributed by atoms with Gasteiger partial charge in [-0.1, -0.05) is 77.3 Å². The number of rotatable bonds is 1. The third-order valence-corrected chi connectivity index (χ3v) is 5.41. The normalized spacial score (nSPS) is 11.8. The molecule has 0 unspecified atom stereocenters. The summed E-state index contributed by atoms with van der Waals surface area (Å²) in [4.78, 5) is 0. The second-order valence-corrected chi connectivity index (χ2v) is 7.47. The summed E-state index contributed by atoms with van der Waals surface area (Å²) in [6, 6.07) is 23.3. The van der Waals surface area contributed by atoms with Gasteiger partial charge in [-0.3, -0.25) is 0 Å². The van der Waals surface area contributed by atoms with Crippen LogP contribution in [0.1, 0.15) is 5.56 Å². The molecule has 0 fully saturated rings. The molecule has 0 saturated carbocycles. The highest BCUT2D eigenvalue weighted by atomic mass is 35.5. The van der Waals surface area contributed by atoms with Crippen LogP contribution in [0.5, 0.6) is 0 Å². The summed E-state index contributed by atoms with van der Waals surface area (Å²) in [6.07, 6.45) is 0. The van der Waals surface area contributed by atoms with Crippen molar-refractivity contribution in [2.24, 2.45) is 0 Å². The summed E-state index contributed by atoms with van der Waals surface area (Å²) < 4.78 is 0. The molecule has 25 heavy (non-hydrogen) atoms. The first-order chi connectivity index (χ1) is 12.1. The Bertz CT molecular complexity index is 1150. The van der Waals surface area contributed by atoms with Crippen molar-refractivity contribution in [1.29, 1.82) is 0 Å². The maximum atomic E-state index is 6.23. The van der Waals surface area contributed by atoms with E-state index in [1.54, 1.807) is 6.07 Å². The number of fused-ring (bicyclic) bond motifs is 3. The van der Waals surface area contributed by atoms with E-state index in [1.165, 1.54) is 38.6 Å². The molecule has 0 amide bonds. The number of hydrogen-bond donors (Lipinski definition) is 0. The molecule has 0 saturated heterocycles. The zero-order chi connectivity index (χ0) is 17.1. The molecule has 0 spiro atoms. The molecule has 4 aromatic carbocycles. The summed E-state index contributed by atoms with van der Waals surface area (Å²) in [5.74, 6) is 0. The molecule has 4 aromatic rings. The van der Waals surface area contributed by atoms with Gasteiger partial charge in [-0.25, -0.2) is 0 Å². The summed E-state index contributed by atoms with van der Waals surface area (Å²) in [7, 11) is 0. The standard InChI is InChI=1S/C23H14Cl2/c1-13-5-6-18-21-8-7-17(14-10-15(24)12-16(25)11-14)19-3-2-4-20(23(19)21)22(18)9-13/h2-12H,1H3. The van der Waals surface area contributed by atoms with Gasteiger partial charge >= 0.3 is 0 Å². The fourth-order valence-electron chi connectivity index (χ4n) is 3.93. The molecule has 0 nitrogen and oxygen atoms in total. The Kier molecular flexibility index (Phi) is 3.22. The number of benzene rings is 4. The lowest BCUT2D eigenvalue weighted by atomic mass is 9.94. The van der Waals surface area contributed by atoms with Crippen LogP contribution < -0.4 is 0 Å². The average Bonchev–Trinajstić information content (AvgIpc) is 2.90. The molecule has 0 atom stereocenters. The molecule has 0 N–H and O–H groups in total. The molecule has 2 heteroatoms. The Balaban J connectivity index is 1.87. The molecule has 0 aromatic heterocycles. The zero-order valence-corrected chi connectivity index (χ0v) is 15.1. The number of halogens is 2. The second kappa shape index (κ2) is 5.36. The van der Waals surface area contributed by atoms with Crippen molar-refractivity contribution in [1.82, 2.24) is 0 Å². The maximum absolute atomic E-state index is 6.23. The van der Waals surface area contributed by atoms with Crippen LogP contribution in [0.4, 0.5) is 0 Å². The summed E-state index contributed by atoms with van der Waals surface area (Å²) >= 11 is 12.5. The van der Waals surface area contributed by atoms with Gasteiger partial charge in [0.1, 0.15) is 0 Å². The van der Waals surface area contributed by atoms with Gasteiger partial charge in [0.05, 0.1) is 0 Å². The number of aryl methyl sites for hydroxylation is 1. The lowest BCUT2D eigenvalue weighted by molar-refractivity contribution is 1.48. The highest BCUT2D eigenvalue weighted by Crippen LogP contribution is 2.49. The lowest BCUT2D eigenvalue weighted by Gasteiger charge is -2.10. The van der Waals surface area contributed by atoms with Crippen LogP contribution in [0.3, 0.4) is 0 Å². The highest BCUT2D eigenvalue weighted by Gasteiger charge is 2.22. The molecule has 1 aliphatic carbocycles. The first-order valence-electron chi connectivity index (χ1n) is 8.25. The fraction of sp³-hybridized carbons (Fsp3) is 0.0435. The monoisotopic (exact) mass is 360 g/mol. The third kappa shape index (κ3) is 2.22. The van der Waals surface area contributed by atoms with Gasteiger partial charge in [-0.15, -0.1) is 0 Å². The molecule has 0 radical (unpaired) electrons. The van der Waals surface area contributed by atoms with Crippen molar-refractivity contribution in [3.8, 4) is 33.4 Å². The van der Waals surface area contributed by atoms with Gasteiger partial charge in [0.15, 0.2) is 0 Å². The van der Waals surface area contributed by atoms with E-state index in [0.29, 0.717) is 10.0 Å². The molecular formula is C23H14Cl2. The smallest absolute Gasteiger partial charge is 0.0426 e. The fourth-order valence-corrected chi connectivity index (χ4v) is 4.46. The predicted octanol–water partition coefficient (Wildman–Crippen LogP) is 7.77. The second-order valence-electron chi connectivity index (χ2n) is 6.60. The Labute approximate surface area is 156 Å². The van der Waals surface area contributed by atoms with Crippen LogP contribution in [-0.2, 0) is 0 Å². The average molecular weight is 361 g/mol. The van der Waals surface area contributed by atoms with Gasteiger partial charge in [-0.2, -0.15) is 0 Å². The minimum absolute atomic E-state index is 0.657. The SMILES string of the molecule is Cc1ccc2c(c1)-c1cccc3c(-c4cc(Cl)cc(Cl)c4)ccc-2c13. The molecule has 0 aliphatic heterocycles. The quantitative estimate of drug-likeness (QED) is 0.286. The summed E-state index contributed by atoms with van der Waals surface area (Å²) in [6.45, 7) is 2.14. The van der Waals surface area contributed by atoms with Crippen LogP contribution in [0.2, 0.25) is 10.0 Å². The minimum Gasteiger partial charge on any atom is -0.0843 e. The zero-order valence-electron chi connectivity index (χ0n) is 13.6. The summed E-state index contributed by atoms with van der Waals surface area (Å²) in [5, 5.41) is 3.87. The summed E-state index contributed by atoms with van der Waals surface area (Å²) in [5.41, 5.74) is 8.74. The van der Waals surface area contributed by atoms with E-state index >= 15 is 0 Å². The van der Waals surface area contributed by atoms with Crippen LogP contribution in [0, 0.1) is 6.92 Å². The van der Waals surface area contributed by atoms with Crippen molar-refractivity contribution >= 4 is 34.0 Å². The van der Waals surface area contributed by atoms with Crippen molar-refractivity contribution in [2.45, 2.75) is 6.92 Å². The van der Waals surface area contributed by atoms with Crippen molar-refractivity contribution < 1.29 is 0 Å². The Morgan fingerprint density at radius 2 is 1.28 bits per heavy atom. The predicted molar refractivity (Wildman–Crippen MR) is 109 cm³/mol. The molecular weight excluding hydrogens is 347 g/mol. The molecule has 120 valence electrons. The Morgan fingerprint density at radius 3 is 2.08 bits per heavy atom. The largest absolute Gasteiger partial charge is 0.0843 e. The first kappa shape index (κ1) is 15.0. The van der Waals surface area contributed by atoms with Crippen molar-refractivity contribution in [2.75, 3.05) is 0 Å². The van der Waals surface area contributed by atoms with Crippen LogP contribution >= 0.6 is 23.2 Å². The van der Waals surface area contributed by atoms with Gasteiger partial charge in [0.2, 0.25) is 0 Å². The van der Waals surface area contributed by atoms with E-state index in [0.717, 1.165) is 11.1 Å². The molecule has 0 bridgehead atoms. The van der Waals surface area contributed by atoms with Crippen molar-refractivity contribution in [3.63, 3.8) is 0 Å². The van der Waals surface area contributed by atoms with Crippen LogP contribution in [-0.4, -0.2) is 0 Å². The Hall–Kier alpha value is -2.28. The van der Waals surface area contributed by atoms with Gasteiger partial charge in [0.25, 0.3) is 0 Å². The van der Waals surface area contributed by atoms with Crippen LogP contribution in [0.15, 0.2) is 66.7 Å². The molecule has 5 rings (SSSR count). The first-order valence-corrected chi connectivity index (χ1v) is 9.01. The topological polar surface area (TPSA) is 0 Å². The van der Waals surface area contributed by atoms with Gasteiger partial charge < -0.3 is 0 Å². The van der Waals surface area contributed by atoms with Gasteiger partial charge in [-0.05, 0) is 69.3 Å². The Morgan fingerprint density at radius 1 is 0.600 bits per heavy atom. The minimum atomic E-state index is 0.657. The van der Waals surface area contributed by atoms with Gasteiger partial charge in [0, 0.05) is 10.0 Å². The highest BCUT2D eigenvalue weighted by molar-refractivity contribution is 6.35. The van der Waals surface area contributed by atoms with E-state index < -0.39 is 0 Å². The molecule has 1 aliphatic rings. The van der Waals surface area contributed by atoms with E-state index in [9.17, 15) is 0 Å². The van der Waals surface area contributed by atoms with E-state index in [1.807, 2.05) is 12.1 Å². The van der Waals surface area contributed by atoms with Crippen molar-refractivity contribution in [3.05, 3.63) is 82.3 Å². The lowest BCUT2D eigenvalue weighted by Crippen LogP contribution is -1.84. The maximum Gasteiger partial charge on any atom is 0.0426 e. The van der Waals surface area contributed by atoms with E-state index in [4.69, 9.17) is 23.2 Å². The third-order valence-electron chi connectivity index (χ3n) is 4.97. The molecule has 0 heterocycles. The number of hydrogen-bond acceptors (Lipinski definition) is 0.